The van der Waals surface area contributed by atoms with E-state index in [1.54, 1.807) is 0 Å². The molecule has 0 radical (unpaired) electrons. The van der Waals surface area contributed by atoms with E-state index in [-0.39, 0.29) is 6.04 Å². The molecule has 2 fully saturated rings. The van der Waals surface area contributed by atoms with Gasteiger partial charge in [0.2, 0.25) is 0 Å². The average molecular weight is 564 g/mol. The fourth-order valence-corrected chi connectivity index (χ4v) is 5.78. The molecule has 0 saturated carbocycles. The van der Waals surface area contributed by atoms with Crippen LogP contribution in [0.15, 0.2) is 42.5 Å². The second kappa shape index (κ2) is 16.1. The number of hydrogen-bond donors (Lipinski definition) is 1. The number of ether oxygens (including phenoxy) is 1. The third kappa shape index (κ3) is 9.72. The Morgan fingerprint density at radius 2 is 1.78 bits per heavy atom. The second-order valence-electron chi connectivity index (χ2n) is 12.0. The first-order valence-electron chi connectivity index (χ1n) is 15.2. The van der Waals surface area contributed by atoms with Gasteiger partial charge in [0, 0.05) is 57.1 Å². The highest BCUT2D eigenvalue weighted by Gasteiger charge is 2.20. The van der Waals surface area contributed by atoms with Gasteiger partial charge in [-0.3, -0.25) is 14.6 Å². The van der Waals surface area contributed by atoms with Crippen molar-refractivity contribution in [2.45, 2.75) is 45.0 Å². The van der Waals surface area contributed by atoms with Crippen LogP contribution in [0.1, 0.15) is 46.3 Å². The molecule has 0 spiro atoms. The summed E-state index contributed by atoms with van der Waals surface area (Å²) < 4.78 is 5.99. The van der Waals surface area contributed by atoms with Gasteiger partial charge in [0.05, 0.1) is 19.3 Å². The van der Waals surface area contributed by atoms with Gasteiger partial charge in [-0.25, -0.2) is 0 Å². The molecule has 2 aliphatic rings. The van der Waals surface area contributed by atoms with E-state index in [4.69, 9.17) is 4.74 Å². The molecule has 2 aliphatic heterocycles. The van der Waals surface area contributed by atoms with Gasteiger partial charge in [0.15, 0.2) is 0 Å². The monoisotopic (exact) mass is 563 g/mol. The van der Waals surface area contributed by atoms with Crippen LogP contribution in [0.5, 0.6) is 0 Å². The van der Waals surface area contributed by atoms with Crippen molar-refractivity contribution in [2.24, 2.45) is 5.92 Å². The number of carbonyl (C=O) groups is 2. The normalized spacial score (nSPS) is 19.0. The van der Waals surface area contributed by atoms with Crippen LogP contribution in [0.25, 0.3) is 0 Å². The minimum Gasteiger partial charge on any atom is -0.376 e. The quantitative estimate of drug-likeness (QED) is 0.331. The van der Waals surface area contributed by atoms with Crippen molar-refractivity contribution in [3.63, 3.8) is 0 Å². The molecular formula is C33H49N5O3. The SMILES string of the molecule is CN(C)CCC(C=O)N(C)Cc1cc(N2CCN(Cc3ccc(COCC4CCCNC4)cc3)CC2)ccc1C=O. The zero-order valence-electron chi connectivity index (χ0n) is 25.3. The number of hydrogen-bond acceptors (Lipinski definition) is 8. The second-order valence-corrected chi connectivity index (χ2v) is 12.0. The van der Waals surface area contributed by atoms with E-state index in [0.29, 0.717) is 24.6 Å². The molecule has 2 heterocycles. The van der Waals surface area contributed by atoms with Gasteiger partial charge in [-0.15, -0.1) is 0 Å². The lowest BCUT2D eigenvalue weighted by atomic mass is 10.0. The van der Waals surface area contributed by atoms with Crippen molar-refractivity contribution < 1.29 is 14.3 Å². The summed E-state index contributed by atoms with van der Waals surface area (Å²) in [7, 11) is 5.99. The molecule has 0 bridgehead atoms. The maximum atomic E-state index is 11.8. The Morgan fingerprint density at radius 3 is 2.44 bits per heavy atom. The molecule has 0 aliphatic carbocycles. The highest BCUT2D eigenvalue weighted by atomic mass is 16.5. The Bertz CT molecular complexity index is 1080. The number of piperazine rings is 1. The van der Waals surface area contributed by atoms with Crippen LogP contribution >= 0.6 is 0 Å². The Balaban J connectivity index is 1.25. The predicted molar refractivity (Wildman–Crippen MR) is 166 cm³/mol. The number of benzene rings is 2. The topological polar surface area (TPSA) is 68.4 Å². The maximum Gasteiger partial charge on any atom is 0.150 e. The first-order valence-corrected chi connectivity index (χ1v) is 15.2. The van der Waals surface area contributed by atoms with Crippen LogP contribution in [0.3, 0.4) is 0 Å². The standard InChI is InChI=1S/C33H49N5O3/c1-35(2)14-12-33(24-40)36(3)22-31-19-32(11-10-30(31)23-39)38-17-15-37(16-18-38)21-27-6-8-28(9-7-27)25-41-26-29-5-4-13-34-20-29/h6-11,19,23-24,29,33-34H,4-5,12-18,20-22,25-26H2,1-3H3. The third-order valence-electron chi connectivity index (χ3n) is 8.46. The fraction of sp³-hybridized carbons (Fsp3) is 0.576. The number of likely N-dealkylation sites (N-methyl/N-ethyl adjacent to an activating group) is 1. The van der Waals surface area contributed by atoms with Crippen LogP contribution in [-0.4, -0.2) is 107 Å². The largest absolute Gasteiger partial charge is 0.376 e. The fourth-order valence-electron chi connectivity index (χ4n) is 5.78. The van der Waals surface area contributed by atoms with Gasteiger partial charge in [-0.05, 0) is 94.3 Å². The van der Waals surface area contributed by atoms with E-state index in [0.717, 1.165) is 89.2 Å². The highest BCUT2D eigenvalue weighted by Crippen LogP contribution is 2.23. The van der Waals surface area contributed by atoms with E-state index in [1.165, 1.54) is 24.0 Å². The molecule has 8 heteroatoms. The molecule has 0 amide bonds. The lowest BCUT2D eigenvalue weighted by Gasteiger charge is -2.36. The van der Waals surface area contributed by atoms with Crippen LogP contribution < -0.4 is 10.2 Å². The van der Waals surface area contributed by atoms with Gasteiger partial charge >= 0.3 is 0 Å². The van der Waals surface area contributed by atoms with Crippen LogP contribution in [0.4, 0.5) is 5.69 Å². The lowest BCUT2D eigenvalue weighted by molar-refractivity contribution is -0.112. The molecule has 224 valence electrons. The molecule has 2 unspecified atom stereocenters. The Hall–Kier alpha value is -2.62. The summed E-state index contributed by atoms with van der Waals surface area (Å²) in [6.07, 6.45) is 5.22. The highest BCUT2D eigenvalue weighted by molar-refractivity contribution is 5.78. The maximum absolute atomic E-state index is 11.8. The zero-order chi connectivity index (χ0) is 29.0. The zero-order valence-corrected chi connectivity index (χ0v) is 25.3. The first kappa shape index (κ1) is 31.3. The summed E-state index contributed by atoms with van der Waals surface area (Å²) in [5.74, 6) is 0.644. The van der Waals surface area contributed by atoms with E-state index in [9.17, 15) is 9.59 Å². The molecule has 0 aromatic heterocycles. The molecule has 2 aromatic carbocycles. The van der Waals surface area contributed by atoms with Gasteiger partial charge < -0.3 is 24.6 Å². The third-order valence-corrected chi connectivity index (χ3v) is 8.46. The van der Waals surface area contributed by atoms with Crippen molar-refractivity contribution in [3.8, 4) is 0 Å². The molecule has 1 N–H and O–H groups in total. The Labute approximate surface area is 246 Å². The molecule has 41 heavy (non-hydrogen) atoms. The molecule has 8 nitrogen and oxygen atoms in total. The average Bonchev–Trinajstić information content (AvgIpc) is 2.99. The summed E-state index contributed by atoms with van der Waals surface area (Å²) in [6.45, 7) is 9.96. The Kier molecular flexibility index (Phi) is 12.3. The van der Waals surface area contributed by atoms with E-state index in [2.05, 4.69) is 56.4 Å². The van der Waals surface area contributed by atoms with Crippen molar-refractivity contribution in [3.05, 3.63) is 64.7 Å². The number of piperidine rings is 1. The Morgan fingerprint density at radius 1 is 1.02 bits per heavy atom. The van der Waals surface area contributed by atoms with Crippen molar-refractivity contribution in [1.82, 2.24) is 20.0 Å². The number of anilines is 1. The smallest absolute Gasteiger partial charge is 0.150 e. The van der Waals surface area contributed by atoms with E-state index in [1.807, 2.05) is 32.1 Å². The van der Waals surface area contributed by atoms with Crippen molar-refractivity contribution in [2.75, 3.05) is 78.5 Å². The molecule has 2 saturated heterocycles. The number of nitrogens with one attached hydrogen (secondary N) is 1. The molecule has 2 atom stereocenters. The number of carbonyl (C=O) groups excluding carboxylic acids is 2. The summed E-state index contributed by atoms with van der Waals surface area (Å²) >= 11 is 0. The summed E-state index contributed by atoms with van der Waals surface area (Å²) in [6, 6.07) is 14.8. The number of nitrogens with zero attached hydrogens (tertiary/aromatic N) is 4. The van der Waals surface area contributed by atoms with Crippen molar-refractivity contribution >= 4 is 18.3 Å². The first-order chi connectivity index (χ1) is 19.9. The van der Waals surface area contributed by atoms with Crippen LogP contribution in [0.2, 0.25) is 0 Å². The molecule has 2 aromatic rings. The molecular weight excluding hydrogens is 514 g/mol. The summed E-state index contributed by atoms with van der Waals surface area (Å²) in [5.41, 5.74) is 5.37. The van der Waals surface area contributed by atoms with Crippen molar-refractivity contribution in [1.29, 1.82) is 0 Å². The number of rotatable bonds is 15. The summed E-state index contributed by atoms with van der Waals surface area (Å²) in [4.78, 5) is 32.6. The minimum atomic E-state index is -0.176. The minimum absolute atomic E-state index is 0.176. The predicted octanol–water partition coefficient (Wildman–Crippen LogP) is 3.29. The van der Waals surface area contributed by atoms with Gasteiger partial charge in [0.25, 0.3) is 0 Å². The number of aldehydes is 2. The lowest BCUT2D eigenvalue weighted by Crippen LogP contribution is -2.46. The van der Waals surface area contributed by atoms with E-state index < -0.39 is 0 Å². The van der Waals surface area contributed by atoms with Crippen LogP contribution in [-0.2, 0) is 29.2 Å². The van der Waals surface area contributed by atoms with Crippen LogP contribution in [0, 0.1) is 5.92 Å². The molecule has 4 rings (SSSR count). The van der Waals surface area contributed by atoms with Gasteiger partial charge in [-0.2, -0.15) is 0 Å². The van der Waals surface area contributed by atoms with Gasteiger partial charge in [-0.1, -0.05) is 24.3 Å². The van der Waals surface area contributed by atoms with E-state index >= 15 is 0 Å². The summed E-state index contributed by atoms with van der Waals surface area (Å²) in [5, 5.41) is 3.45. The van der Waals surface area contributed by atoms with Gasteiger partial charge in [0.1, 0.15) is 12.6 Å².